The molecule has 7 nitrogen and oxygen atoms in total. The molecule has 0 aliphatic heterocycles. The summed E-state index contributed by atoms with van der Waals surface area (Å²) in [6.07, 6.45) is 0.762. The maximum absolute atomic E-state index is 12.7. The highest BCUT2D eigenvalue weighted by atomic mass is 32.1. The molecule has 3 rings (SSSR count). The topological polar surface area (TPSA) is 94.6 Å². The number of nitrogens with one attached hydrogen (secondary N) is 2. The first kappa shape index (κ1) is 20.3. The van der Waals surface area contributed by atoms with Gasteiger partial charge < -0.3 is 10.4 Å². The van der Waals surface area contributed by atoms with Crippen LogP contribution >= 0.6 is 11.3 Å². The summed E-state index contributed by atoms with van der Waals surface area (Å²) in [7, 11) is 0. The standard InChI is InChI=1S/C21H22N4O3S/c1-3-11-22-20(28)25(24-19(27)15-9-7-14(2)8-10-15)21-23-18(13-29-21)16-5-4-6-17(26)12-16/h4-10,12-13,26H,3,11H2,1-2H3,(H,22,28)(H,24,27). The van der Waals surface area contributed by atoms with Gasteiger partial charge in [0.25, 0.3) is 5.91 Å². The second-order valence-corrected chi connectivity index (χ2v) is 7.28. The van der Waals surface area contributed by atoms with Crippen molar-refractivity contribution in [2.75, 3.05) is 11.6 Å². The Morgan fingerprint density at radius 3 is 2.62 bits per heavy atom. The van der Waals surface area contributed by atoms with Gasteiger partial charge in [0.05, 0.1) is 5.69 Å². The molecule has 0 aliphatic rings. The Kier molecular flexibility index (Phi) is 6.46. The summed E-state index contributed by atoms with van der Waals surface area (Å²) in [4.78, 5) is 29.8. The summed E-state index contributed by atoms with van der Waals surface area (Å²) in [5.74, 6) is -0.284. The van der Waals surface area contributed by atoms with Crippen LogP contribution in [-0.4, -0.2) is 28.6 Å². The summed E-state index contributed by atoms with van der Waals surface area (Å²) < 4.78 is 0. The quantitative estimate of drug-likeness (QED) is 0.552. The minimum Gasteiger partial charge on any atom is -0.508 e. The fourth-order valence-electron chi connectivity index (χ4n) is 2.53. The number of nitrogens with zero attached hydrogens (tertiary/aromatic N) is 2. The molecule has 1 aromatic heterocycles. The number of aryl methyl sites for hydroxylation is 1. The zero-order valence-corrected chi connectivity index (χ0v) is 17.0. The van der Waals surface area contributed by atoms with E-state index in [2.05, 4.69) is 15.7 Å². The molecule has 2 aromatic carbocycles. The first-order chi connectivity index (χ1) is 14.0. The summed E-state index contributed by atoms with van der Waals surface area (Å²) in [6.45, 7) is 4.35. The van der Waals surface area contributed by atoms with Crippen LogP contribution < -0.4 is 15.8 Å². The molecule has 0 bridgehead atoms. The predicted molar refractivity (Wildman–Crippen MR) is 114 cm³/mol. The second-order valence-electron chi connectivity index (χ2n) is 6.44. The molecule has 0 atom stereocenters. The van der Waals surface area contributed by atoms with Gasteiger partial charge >= 0.3 is 6.03 Å². The molecule has 29 heavy (non-hydrogen) atoms. The molecule has 3 amide bonds. The van der Waals surface area contributed by atoms with Crippen molar-refractivity contribution in [3.8, 4) is 17.0 Å². The van der Waals surface area contributed by atoms with Crippen LogP contribution in [0.25, 0.3) is 11.3 Å². The number of anilines is 1. The molecule has 3 N–H and O–H groups in total. The van der Waals surface area contributed by atoms with Crippen molar-refractivity contribution >= 4 is 28.4 Å². The van der Waals surface area contributed by atoms with Crippen LogP contribution in [0.15, 0.2) is 53.9 Å². The Bertz CT molecular complexity index is 1000. The Balaban J connectivity index is 1.86. The highest BCUT2D eigenvalue weighted by Crippen LogP contribution is 2.28. The summed E-state index contributed by atoms with van der Waals surface area (Å²) >= 11 is 1.22. The number of urea groups is 1. The first-order valence-electron chi connectivity index (χ1n) is 9.18. The van der Waals surface area contributed by atoms with Crippen molar-refractivity contribution in [3.05, 3.63) is 65.0 Å². The molecule has 8 heteroatoms. The monoisotopic (exact) mass is 410 g/mol. The van der Waals surface area contributed by atoms with Gasteiger partial charge in [-0.2, -0.15) is 5.01 Å². The van der Waals surface area contributed by atoms with Crippen LogP contribution in [0, 0.1) is 6.92 Å². The van der Waals surface area contributed by atoms with Crippen LogP contribution in [0.1, 0.15) is 29.3 Å². The lowest BCUT2D eigenvalue weighted by Gasteiger charge is -2.21. The lowest BCUT2D eigenvalue weighted by atomic mass is 10.1. The number of aromatic hydroxyl groups is 1. The molecule has 3 aromatic rings. The number of hydrazine groups is 1. The number of phenols is 1. The Morgan fingerprint density at radius 1 is 1.17 bits per heavy atom. The number of carbonyl (C=O) groups excluding carboxylic acids is 2. The van der Waals surface area contributed by atoms with E-state index in [0.29, 0.717) is 28.5 Å². The summed E-state index contributed by atoms with van der Waals surface area (Å²) in [5, 5.41) is 15.6. The van der Waals surface area contributed by atoms with E-state index in [1.165, 1.54) is 11.3 Å². The maximum atomic E-state index is 12.7. The number of phenolic OH excluding ortho intramolecular Hbond substituents is 1. The molecule has 0 fully saturated rings. The van der Waals surface area contributed by atoms with Gasteiger partial charge in [0.15, 0.2) is 0 Å². The second kappa shape index (κ2) is 9.20. The zero-order chi connectivity index (χ0) is 20.8. The predicted octanol–water partition coefficient (Wildman–Crippen LogP) is 4.10. The molecule has 1 heterocycles. The van der Waals surface area contributed by atoms with Crippen LogP contribution in [-0.2, 0) is 0 Å². The number of rotatable bonds is 5. The van der Waals surface area contributed by atoms with E-state index in [1.807, 2.05) is 32.0 Å². The molecule has 0 saturated carbocycles. The van der Waals surface area contributed by atoms with E-state index in [4.69, 9.17) is 0 Å². The third kappa shape index (κ3) is 5.11. The lowest BCUT2D eigenvalue weighted by molar-refractivity contribution is 0.0950. The molecular formula is C21H22N4O3S. The number of hydrogen-bond donors (Lipinski definition) is 3. The first-order valence-corrected chi connectivity index (χ1v) is 10.1. The number of carbonyl (C=O) groups is 2. The van der Waals surface area contributed by atoms with Gasteiger partial charge in [-0.05, 0) is 37.6 Å². The molecule has 0 aliphatic carbocycles. The normalized spacial score (nSPS) is 10.4. The Hall–Kier alpha value is -3.39. The average molecular weight is 410 g/mol. The van der Waals surface area contributed by atoms with Crippen LogP contribution in [0.5, 0.6) is 5.75 Å². The van der Waals surface area contributed by atoms with E-state index in [9.17, 15) is 14.7 Å². The summed E-state index contributed by atoms with van der Waals surface area (Å²) in [6, 6.07) is 13.3. The number of amides is 3. The molecular weight excluding hydrogens is 388 g/mol. The molecule has 0 unspecified atom stereocenters. The number of thiazole rings is 1. The van der Waals surface area contributed by atoms with Crippen molar-refractivity contribution in [1.29, 1.82) is 0 Å². The average Bonchev–Trinajstić information content (AvgIpc) is 3.20. The van der Waals surface area contributed by atoms with E-state index < -0.39 is 11.9 Å². The molecule has 0 spiro atoms. The zero-order valence-electron chi connectivity index (χ0n) is 16.2. The number of benzene rings is 2. The highest BCUT2D eigenvalue weighted by Gasteiger charge is 2.22. The van der Waals surface area contributed by atoms with Gasteiger partial charge in [0.1, 0.15) is 5.75 Å². The van der Waals surface area contributed by atoms with E-state index in [0.717, 1.165) is 17.0 Å². The van der Waals surface area contributed by atoms with Crippen LogP contribution in [0.2, 0.25) is 0 Å². The number of aromatic nitrogens is 1. The van der Waals surface area contributed by atoms with E-state index >= 15 is 0 Å². The van der Waals surface area contributed by atoms with Gasteiger partial charge in [-0.25, -0.2) is 9.78 Å². The van der Waals surface area contributed by atoms with Gasteiger partial charge in [-0.15, -0.1) is 11.3 Å². The molecule has 0 radical (unpaired) electrons. The smallest absolute Gasteiger partial charge is 0.343 e. The largest absolute Gasteiger partial charge is 0.508 e. The fraction of sp³-hybridized carbons (Fsp3) is 0.190. The third-order valence-electron chi connectivity index (χ3n) is 4.08. The van der Waals surface area contributed by atoms with E-state index in [-0.39, 0.29) is 5.75 Å². The molecule has 150 valence electrons. The highest BCUT2D eigenvalue weighted by molar-refractivity contribution is 7.14. The number of hydrogen-bond acceptors (Lipinski definition) is 5. The van der Waals surface area contributed by atoms with Gasteiger partial charge in [0.2, 0.25) is 5.13 Å². The summed E-state index contributed by atoms with van der Waals surface area (Å²) in [5.41, 5.74) is 5.42. The van der Waals surface area contributed by atoms with Crippen molar-refractivity contribution in [2.24, 2.45) is 0 Å². The Morgan fingerprint density at radius 2 is 1.93 bits per heavy atom. The van der Waals surface area contributed by atoms with Crippen molar-refractivity contribution in [2.45, 2.75) is 20.3 Å². The van der Waals surface area contributed by atoms with Crippen molar-refractivity contribution < 1.29 is 14.7 Å². The van der Waals surface area contributed by atoms with Gasteiger partial charge in [-0.3, -0.25) is 10.2 Å². The maximum Gasteiger partial charge on any atom is 0.343 e. The minimum absolute atomic E-state index is 0.127. The third-order valence-corrected chi connectivity index (χ3v) is 4.91. The van der Waals surface area contributed by atoms with Crippen molar-refractivity contribution in [1.82, 2.24) is 15.7 Å². The van der Waals surface area contributed by atoms with Gasteiger partial charge in [0, 0.05) is 23.1 Å². The SMILES string of the molecule is CCCNC(=O)N(NC(=O)c1ccc(C)cc1)c1nc(-c2cccc(O)c2)cs1. The van der Waals surface area contributed by atoms with Crippen molar-refractivity contribution in [3.63, 3.8) is 0 Å². The fourth-order valence-corrected chi connectivity index (χ4v) is 3.32. The Labute approximate surface area is 173 Å². The van der Waals surface area contributed by atoms with E-state index in [1.54, 1.807) is 35.7 Å². The van der Waals surface area contributed by atoms with Crippen LogP contribution in [0.3, 0.4) is 0 Å². The van der Waals surface area contributed by atoms with Crippen LogP contribution in [0.4, 0.5) is 9.93 Å². The molecule has 0 saturated heterocycles. The van der Waals surface area contributed by atoms with Gasteiger partial charge in [-0.1, -0.05) is 36.8 Å². The lowest BCUT2D eigenvalue weighted by Crippen LogP contribution is -2.51. The minimum atomic E-state index is -0.468.